The van der Waals surface area contributed by atoms with Gasteiger partial charge in [0.15, 0.2) is 0 Å². The second-order valence-corrected chi connectivity index (χ2v) is 11.4. The zero-order chi connectivity index (χ0) is 27.2. The van der Waals surface area contributed by atoms with Crippen molar-refractivity contribution < 1.29 is 14.3 Å². The molecule has 1 aliphatic heterocycles. The number of rotatable bonds is 9. The predicted octanol–water partition coefficient (Wildman–Crippen LogP) is 6.76. The molecule has 0 radical (unpaired) electrons. The zero-order valence-electron chi connectivity index (χ0n) is 23.1. The second kappa shape index (κ2) is 12.5. The molecule has 1 aromatic heterocycles. The largest absolute Gasteiger partial charge is 0.491 e. The van der Waals surface area contributed by atoms with Gasteiger partial charge in [0.25, 0.3) is 0 Å². The van der Waals surface area contributed by atoms with Gasteiger partial charge in [0.1, 0.15) is 18.9 Å². The van der Waals surface area contributed by atoms with Crippen LogP contribution in [0, 0.1) is 26.7 Å². The minimum Gasteiger partial charge on any atom is -0.491 e. The molecule has 0 spiro atoms. The normalized spacial score (nSPS) is 15.5. The van der Waals surface area contributed by atoms with Gasteiger partial charge in [0.2, 0.25) is 5.91 Å². The van der Waals surface area contributed by atoms with Crippen LogP contribution in [0.4, 0.5) is 10.5 Å². The summed E-state index contributed by atoms with van der Waals surface area (Å²) in [6.45, 7) is 11.9. The van der Waals surface area contributed by atoms with Gasteiger partial charge in [-0.25, -0.2) is 4.79 Å². The average molecular weight is 534 g/mol. The van der Waals surface area contributed by atoms with Gasteiger partial charge in [-0.2, -0.15) is 0 Å². The van der Waals surface area contributed by atoms with Gasteiger partial charge < -0.3 is 19.9 Å². The monoisotopic (exact) mass is 533 g/mol. The molecule has 202 valence electrons. The van der Waals surface area contributed by atoms with Crippen LogP contribution in [0.1, 0.15) is 53.4 Å². The Labute approximate surface area is 230 Å². The van der Waals surface area contributed by atoms with Crippen molar-refractivity contribution in [1.82, 2.24) is 9.80 Å². The van der Waals surface area contributed by atoms with Gasteiger partial charge in [-0.15, -0.1) is 11.3 Å². The van der Waals surface area contributed by atoms with Crippen LogP contribution in [-0.4, -0.2) is 48.0 Å². The van der Waals surface area contributed by atoms with E-state index in [1.54, 1.807) is 16.2 Å². The van der Waals surface area contributed by atoms with Crippen LogP contribution >= 0.6 is 11.3 Å². The maximum absolute atomic E-state index is 13.8. The number of carbonyl (C=O) groups excluding carboxylic acids is 2. The number of anilines is 1. The number of thiophene rings is 1. The third-order valence-electron chi connectivity index (χ3n) is 7.29. The van der Waals surface area contributed by atoms with Crippen molar-refractivity contribution in [3.8, 4) is 5.75 Å². The molecule has 2 aromatic carbocycles. The molecule has 0 saturated carbocycles. The Morgan fingerprint density at radius 1 is 1.11 bits per heavy atom. The Hall–Kier alpha value is -3.32. The highest BCUT2D eigenvalue weighted by atomic mass is 32.1. The van der Waals surface area contributed by atoms with Crippen LogP contribution in [-0.2, 0) is 11.2 Å². The topological polar surface area (TPSA) is 61.9 Å². The third kappa shape index (κ3) is 6.76. The Kier molecular flexibility index (Phi) is 9.10. The smallest absolute Gasteiger partial charge is 0.322 e. The number of nitrogens with zero attached hydrogens (tertiary/aromatic N) is 2. The fourth-order valence-corrected chi connectivity index (χ4v) is 5.75. The molecule has 2 atom stereocenters. The highest BCUT2D eigenvalue weighted by Gasteiger charge is 2.34. The minimum absolute atomic E-state index is 0.0293. The van der Waals surface area contributed by atoms with E-state index < -0.39 is 0 Å². The lowest BCUT2D eigenvalue weighted by atomic mass is 10.00. The molecule has 7 heteroatoms. The number of aryl methyl sites for hydroxylation is 3. The zero-order valence-corrected chi connectivity index (χ0v) is 23.9. The van der Waals surface area contributed by atoms with Crippen molar-refractivity contribution in [3.63, 3.8) is 0 Å². The number of ether oxygens (including phenoxy) is 1. The number of hydrogen-bond donors (Lipinski definition) is 1. The van der Waals surface area contributed by atoms with Crippen molar-refractivity contribution in [2.45, 2.75) is 53.5 Å². The van der Waals surface area contributed by atoms with Crippen LogP contribution in [0.5, 0.6) is 5.75 Å². The van der Waals surface area contributed by atoms with E-state index in [1.807, 2.05) is 55.1 Å². The van der Waals surface area contributed by atoms with Crippen molar-refractivity contribution in [2.24, 2.45) is 5.92 Å². The summed E-state index contributed by atoms with van der Waals surface area (Å²) in [6, 6.07) is 15.5. The van der Waals surface area contributed by atoms with E-state index in [9.17, 15) is 9.59 Å². The summed E-state index contributed by atoms with van der Waals surface area (Å²) in [4.78, 5) is 32.0. The summed E-state index contributed by atoms with van der Waals surface area (Å²) in [7, 11) is 0. The lowest BCUT2D eigenvalue weighted by Crippen LogP contribution is -2.49. The summed E-state index contributed by atoms with van der Waals surface area (Å²) in [5, 5.41) is 5.07. The van der Waals surface area contributed by atoms with E-state index in [-0.39, 0.29) is 30.4 Å². The number of amides is 3. The first-order valence-corrected chi connectivity index (χ1v) is 14.3. The summed E-state index contributed by atoms with van der Waals surface area (Å²) in [5.74, 6) is 1.06. The Morgan fingerprint density at radius 3 is 2.55 bits per heavy atom. The van der Waals surface area contributed by atoms with E-state index in [0.29, 0.717) is 19.7 Å². The molecule has 0 aliphatic carbocycles. The molecule has 0 bridgehead atoms. The SMILES string of the molecule is CC[C@H](C)CN(CC(=O)N1CCc2sccc2[C@@H]1COc1ccc(C)cc1C)C(=O)Nc1ccc(C)cc1. The second-order valence-electron chi connectivity index (χ2n) is 10.4. The molecule has 2 heterocycles. The number of nitrogens with one attached hydrogen (secondary N) is 1. The third-order valence-corrected chi connectivity index (χ3v) is 8.28. The summed E-state index contributed by atoms with van der Waals surface area (Å²) >= 11 is 1.73. The first-order chi connectivity index (χ1) is 18.2. The van der Waals surface area contributed by atoms with E-state index in [0.717, 1.165) is 41.0 Å². The van der Waals surface area contributed by atoms with Crippen LogP contribution in [0.25, 0.3) is 0 Å². The lowest BCUT2D eigenvalue weighted by Gasteiger charge is -2.37. The molecule has 1 aliphatic rings. The van der Waals surface area contributed by atoms with Crippen molar-refractivity contribution in [1.29, 1.82) is 0 Å². The molecule has 6 nitrogen and oxygen atoms in total. The summed E-state index contributed by atoms with van der Waals surface area (Å²) < 4.78 is 6.28. The number of urea groups is 1. The van der Waals surface area contributed by atoms with Crippen LogP contribution < -0.4 is 10.1 Å². The maximum Gasteiger partial charge on any atom is 0.322 e. The van der Waals surface area contributed by atoms with Crippen molar-refractivity contribution in [2.75, 3.05) is 31.6 Å². The highest BCUT2D eigenvalue weighted by molar-refractivity contribution is 7.10. The van der Waals surface area contributed by atoms with E-state index >= 15 is 0 Å². The molecule has 1 N–H and O–H groups in total. The number of carbonyl (C=O) groups is 2. The molecular weight excluding hydrogens is 494 g/mol. The highest BCUT2D eigenvalue weighted by Crippen LogP contribution is 2.34. The molecule has 4 rings (SSSR count). The molecule has 3 amide bonds. The van der Waals surface area contributed by atoms with Crippen LogP contribution in [0.2, 0.25) is 0 Å². The van der Waals surface area contributed by atoms with Crippen LogP contribution in [0.3, 0.4) is 0 Å². The Morgan fingerprint density at radius 2 is 1.84 bits per heavy atom. The molecular formula is C31H39N3O3S. The number of hydrogen-bond acceptors (Lipinski definition) is 4. The molecule has 3 aromatic rings. The summed E-state index contributed by atoms with van der Waals surface area (Å²) in [5.41, 5.74) is 5.27. The lowest BCUT2D eigenvalue weighted by molar-refractivity contribution is -0.135. The van der Waals surface area contributed by atoms with Crippen molar-refractivity contribution >= 4 is 29.0 Å². The van der Waals surface area contributed by atoms with Gasteiger partial charge in [-0.1, -0.05) is 55.7 Å². The number of fused-ring (bicyclic) bond motifs is 1. The van der Waals surface area contributed by atoms with Gasteiger partial charge in [0.05, 0.1) is 6.04 Å². The fourth-order valence-electron chi connectivity index (χ4n) is 4.82. The first-order valence-electron chi connectivity index (χ1n) is 13.4. The van der Waals surface area contributed by atoms with Gasteiger partial charge in [-0.05, 0) is 73.9 Å². The van der Waals surface area contributed by atoms with Crippen LogP contribution in [0.15, 0.2) is 53.9 Å². The van der Waals surface area contributed by atoms with Gasteiger partial charge in [-0.3, -0.25) is 4.79 Å². The average Bonchev–Trinajstić information content (AvgIpc) is 3.38. The summed E-state index contributed by atoms with van der Waals surface area (Å²) in [6.07, 6.45) is 1.75. The van der Waals surface area contributed by atoms with Gasteiger partial charge in [0, 0.05) is 23.7 Å². The van der Waals surface area contributed by atoms with E-state index in [1.165, 1.54) is 10.4 Å². The Balaban J connectivity index is 1.51. The molecule has 0 fully saturated rings. The molecule has 38 heavy (non-hydrogen) atoms. The van der Waals surface area contributed by atoms with Gasteiger partial charge >= 0.3 is 6.03 Å². The van der Waals surface area contributed by atoms with Crippen molar-refractivity contribution in [3.05, 3.63) is 81.0 Å². The molecule has 0 unspecified atom stereocenters. The maximum atomic E-state index is 13.8. The predicted molar refractivity (Wildman–Crippen MR) is 155 cm³/mol. The quantitative estimate of drug-likeness (QED) is 0.331. The molecule has 0 saturated heterocycles. The first kappa shape index (κ1) is 27.7. The van der Waals surface area contributed by atoms with E-state index in [2.05, 4.69) is 43.6 Å². The Bertz CT molecular complexity index is 1250. The minimum atomic E-state index is -0.251. The fraction of sp³-hybridized carbons (Fsp3) is 0.419. The standard InChI is InChI=1S/C31H39N3O3S/c1-6-21(2)18-33(31(36)32-25-10-7-22(3)8-11-25)19-30(35)34-15-13-29-26(14-16-38-29)27(34)20-37-28-12-9-23(4)17-24(28)5/h7-12,14,16-17,21,27H,6,13,15,18-20H2,1-5H3,(H,32,36)/t21-,27-/m0/s1. The number of benzene rings is 2. The van der Waals surface area contributed by atoms with E-state index in [4.69, 9.17) is 4.74 Å².